The van der Waals surface area contributed by atoms with E-state index in [0.717, 1.165) is 38.5 Å². The van der Waals surface area contributed by atoms with Crippen LogP contribution in [0, 0.1) is 0 Å². The van der Waals surface area contributed by atoms with Crippen LogP contribution < -0.4 is 0 Å². The summed E-state index contributed by atoms with van der Waals surface area (Å²) in [5.41, 5.74) is 0. The van der Waals surface area contributed by atoms with Crippen molar-refractivity contribution in [2.75, 3.05) is 13.2 Å². The Balaban J connectivity index is 3.26. The molecule has 0 fully saturated rings. The SMILES string of the molecule is CCCCCCCCCCCCCOC(=O)CCCCCCC(=O)OCCCCCCCCCCCCC. The molecule has 226 valence electrons. The summed E-state index contributed by atoms with van der Waals surface area (Å²) in [7, 11) is 0. The summed E-state index contributed by atoms with van der Waals surface area (Å²) in [5, 5.41) is 0. The Labute approximate surface area is 237 Å². The summed E-state index contributed by atoms with van der Waals surface area (Å²) in [5.74, 6) is -0.132. The van der Waals surface area contributed by atoms with E-state index in [1.54, 1.807) is 0 Å². The molecular weight excluding hydrogens is 472 g/mol. The molecule has 0 spiro atoms. The lowest BCUT2D eigenvalue weighted by Gasteiger charge is -2.06. The fourth-order valence-electron chi connectivity index (χ4n) is 4.94. The number of hydrogen-bond acceptors (Lipinski definition) is 4. The molecule has 0 amide bonds. The van der Waals surface area contributed by atoms with Gasteiger partial charge in [0.2, 0.25) is 0 Å². The molecule has 0 aromatic carbocycles. The highest BCUT2D eigenvalue weighted by Gasteiger charge is 2.05. The first kappa shape index (κ1) is 36.9. The summed E-state index contributed by atoms with van der Waals surface area (Å²) in [6.45, 7) is 5.67. The molecule has 0 aliphatic carbocycles. The van der Waals surface area contributed by atoms with Crippen molar-refractivity contribution >= 4 is 11.9 Å². The topological polar surface area (TPSA) is 52.6 Å². The minimum absolute atomic E-state index is 0.0662. The van der Waals surface area contributed by atoms with Gasteiger partial charge in [-0.2, -0.15) is 0 Å². The maximum absolute atomic E-state index is 11.9. The van der Waals surface area contributed by atoms with Crippen LogP contribution >= 0.6 is 0 Å². The lowest BCUT2D eigenvalue weighted by Crippen LogP contribution is -2.06. The smallest absolute Gasteiger partial charge is 0.305 e. The molecule has 0 aromatic heterocycles. The van der Waals surface area contributed by atoms with Crippen molar-refractivity contribution < 1.29 is 19.1 Å². The minimum atomic E-state index is -0.0662. The molecule has 0 rings (SSSR count). The molecule has 0 aromatic rings. The molecule has 38 heavy (non-hydrogen) atoms. The molecule has 0 aliphatic rings. The minimum Gasteiger partial charge on any atom is -0.466 e. The van der Waals surface area contributed by atoms with Gasteiger partial charge in [0.25, 0.3) is 0 Å². The fraction of sp³-hybridized carbons (Fsp3) is 0.941. The number of ether oxygens (including phenoxy) is 2. The Hall–Kier alpha value is -1.06. The second-order valence-electron chi connectivity index (χ2n) is 11.4. The zero-order valence-electron chi connectivity index (χ0n) is 25.8. The Kier molecular flexibility index (Phi) is 31.3. The maximum Gasteiger partial charge on any atom is 0.305 e. The van der Waals surface area contributed by atoms with Gasteiger partial charge in [-0.25, -0.2) is 0 Å². The van der Waals surface area contributed by atoms with E-state index in [4.69, 9.17) is 9.47 Å². The van der Waals surface area contributed by atoms with Crippen LogP contribution in [-0.4, -0.2) is 25.2 Å². The van der Waals surface area contributed by atoms with Crippen molar-refractivity contribution in [2.45, 2.75) is 194 Å². The van der Waals surface area contributed by atoms with Crippen LogP contribution in [0.15, 0.2) is 0 Å². The van der Waals surface area contributed by atoms with Gasteiger partial charge < -0.3 is 9.47 Å². The van der Waals surface area contributed by atoms with Gasteiger partial charge in [-0.05, 0) is 25.7 Å². The van der Waals surface area contributed by atoms with Gasteiger partial charge in [-0.15, -0.1) is 0 Å². The van der Waals surface area contributed by atoms with E-state index in [1.165, 1.54) is 128 Å². The van der Waals surface area contributed by atoms with Crippen LogP contribution in [0.2, 0.25) is 0 Å². The Morgan fingerprint density at radius 2 is 0.579 bits per heavy atom. The zero-order valence-corrected chi connectivity index (χ0v) is 25.8. The zero-order chi connectivity index (χ0) is 27.8. The number of rotatable bonds is 31. The van der Waals surface area contributed by atoms with Crippen LogP contribution in [-0.2, 0) is 19.1 Å². The first-order chi connectivity index (χ1) is 18.7. The predicted molar refractivity (Wildman–Crippen MR) is 163 cm³/mol. The monoisotopic (exact) mass is 538 g/mol. The van der Waals surface area contributed by atoms with Gasteiger partial charge in [0.05, 0.1) is 13.2 Å². The van der Waals surface area contributed by atoms with Crippen molar-refractivity contribution in [2.24, 2.45) is 0 Å². The molecule has 0 radical (unpaired) electrons. The van der Waals surface area contributed by atoms with E-state index in [9.17, 15) is 9.59 Å². The van der Waals surface area contributed by atoms with Crippen molar-refractivity contribution in [1.82, 2.24) is 0 Å². The Morgan fingerprint density at radius 1 is 0.342 bits per heavy atom. The van der Waals surface area contributed by atoms with E-state index in [1.807, 2.05) is 0 Å². The van der Waals surface area contributed by atoms with Crippen molar-refractivity contribution in [3.8, 4) is 0 Å². The fourth-order valence-corrected chi connectivity index (χ4v) is 4.94. The molecule has 0 saturated heterocycles. The average Bonchev–Trinajstić information content (AvgIpc) is 2.91. The van der Waals surface area contributed by atoms with E-state index < -0.39 is 0 Å². The van der Waals surface area contributed by atoms with Gasteiger partial charge in [-0.1, -0.05) is 155 Å². The molecule has 0 heterocycles. The third kappa shape index (κ3) is 31.2. The highest BCUT2D eigenvalue weighted by atomic mass is 16.5. The van der Waals surface area contributed by atoms with Gasteiger partial charge in [-0.3, -0.25) is 9.59 Å². The first-order valence-electron chi connectivity index (χ1n) is 17.0. The third-order valence-electron chi connectivity index (χ3n) is 7.53. The number of carbonyl (C=O) groups is 2. The molecule has 0 atom stereocenters. The predicted octanol–water partition coefficient (Wildman–Crippen LogP) is 11.0. The highest BCUT2D eigenvalue weighted by Crippen LogP contribution is 2.13. The third-order valence-corrected chi connectivity index (χ3v) is 7.53. The Morgan fingerprint density at radius 3 is 0.868 bits per heavy atom. The quantitative estimate of drug-likeness (QED) is 0.0650. The second kappa shape index (κ2) is 32.2. The van der Waals surface area contributed by atoms with Crippen molar-refractivity contribution in [3.63, 3.8) is 0 Å². The molecule has 0 aliphatic heterocycles. The average molecular weight is 539 g/mol. The molecule has 0 bridgehead atoms. The van der Waals surface area contributed by atoms with Gasteiger partial charge in [0.15, 0.2) is 0 Å². The molecule has 0 unspecified atom stereocenters. The molecule has 4 nitrogen and oxygen atoms in total. The summed E-state index contributed by atoms with van der Waals surface area (Å²) < 4.78 is 10.7. The first-order valence-corrected chi connectivity index (χ1v) is 17.0. The van der Waals surface area contributed by atoms with Crippen molar-refractivity contribution in [3.05, 3.63) is 0 Å². The number of carbonyl (C=O) groups excluding carboxylic acids is 2. The van der Waals surface area contributed by atoms with Crippen LogP contribution in [0.25, 0.3) is 0 Å². The van der Waals surface area contributed by atoms with E-state index in [2.05, 4.69) is 13.8 Å². The lowest BCUT2D eigenvalue weighted by atomic mass is 10.1. The molecule has 4 heteroatoms. The second-order valence-corrected chi connectivity index (χ2v) is 11.4. The molecule has 0 saturated carbocycles. The summed E-state index contributed by atoms with van der Waals surface area (Å²) in [6.07, 6.45) is 33.3. The maximum atomic E-state index is 11.9. The highest BCUT2D eigenvalue weighted by molar-refractivity contribution is 5.69. The largest absolute Gasteiger partial charge is 0.466 e. The molecular formula is C34H66O4. The van der Waals surface area contributed by atoms with Crippen LogP contribution in [0.1, 0.15) is 194 Å². The van der Waals surface area contributed by atoms with Crippen LogP contribution in [0.3, 0.4) is 0 Å². The van der Waals surface area contributed by atoms with Gasteiger partial charge in [0, 0.05) is 12.8 Å². The number of unbranched alkanes of at least 4 members (excludes halogenated alkanes) is 23. The summed E-state index contributed by atoms with van der Waals surface area (Å²) >= 11 is 0. The van der Waals surface area contributed by atoms with Crippen molar-refractivity contribution in [1.29, 1.82) is 0 Å². The molecule has 0 N–H and O–H groups in total. The number of esters is 2. The standard InChI is InChI=1S/C34H66O4/c1-3-5-7-9-11-13-15-17-19-23-27-31-37-33(35)29-25-21-22-26-30-34(36)38-32-28-24-20-18-16-14-12-10-8-6-4-2/h3-32H2,1-2H3. The summed E-state index contributed by atoms with van der Waals surface area (Å²) in [6, 6.07) is 0. The Bertz CT molecular complexity index is 447. The van der Waals surface area contributed by atoms with E-state index in [-0.39, 0.29) is 11.9 Å². The van der Waals surface area contributed by atoms with Gasteiger partial charge >= 0.3 is 11.9 Å². The van der Waals surface area contributed by atoms with E-state index in [0.29, 0.717) is 26.1 Å². The lowest BCUT2D eigenvalue weighted by molar-refractivity contribution is -0.145. The van der Waals surface area contributed by atoms with Gasteiger partial charge in [0.1, 0.15) is 0 Å². The van der Waals surface area contributed by atoms with Crippen LogP contribution in [0.5, 0.6) is 0 Å². The van der Waals surface area contributed by atoms with Crippen LogP contribution in [0.4, 0.5) is 0 Å². The van der Waals surface area contributed by atoms with E-state index >= 15 is 0 Å². The number of hydrogen-bond donors (Lipinski definition) is 0. The normalized spacial score (nSPS) is 11.1. The summed E-state index contributed by atoms with van der Waals surface area (Å²) in [4.78, 5) is 23.7.